The molecular formula is C21H23ClN2O4. The molecule has 0 saturated heterocycles. The molecule has 28 heavy (non-hydrogen) atoms. The van der Waals surface area contributed by atoms with Crippen LogP contribution in [0.4, 0.5) is 5.69 Å². The molecule has 0 aliphatic carbocycles. The molecule has 0 fully saturated rings. The molecule has 2 amide bonds. The van der Waals surface area contributed by atoms with Gasteiger partial charge in [-0.25, -0.2) is 4.79 Å². The monoisotopic (exact) mass is 402 g/mol. The van der Waals surface area contributed by atoms with Crippen LogP contribution in [0.15, 0.2) is 48.5 Å². The zero-order chi connectivity index (χ0) is 20.7. The Kier molecular flexibility index (Phi) is 7.58. The lowest BCUT2D eigenvalue weighted by molar-refractivity contribution is -0.137. The van der Waals surface area contributed by atoms with E-state index in [1.54, 1.807) is 48.5 Å². The lowest BCUT2D eigenvalue weighted by Gasteiger charge is -2.22. The van der Waals surface area contributed by atoms with Crippen LogP contribution in [0.2, 0.25) is 5.02 Å². The Hall–Kier alpha value is -2.86. The highest BCUT2D eigenvalue weighted by atomic mass is 35.5. The van der Waals surface area contributed by atoms with Crippen LogP contribution in [0.25, 0.3) is 0 Å². The minimum absolute atomic E-state index is 0.123. The summed E-state index contributed by atoms with van der Waals surface area (Å²) < 4.78 is 5.43. The predicted octanol–water partition coefficient (Wildman–Crippen LogP) is 4.05. The number of amides is 2. The third-order valence-electron chi connectivity index (χ3n) is 4.25. The third-order valence-corrected chi connectivity index (χ3v) is 4.51. The first-order valence-electron chi connectivity index (χ1n) is 8.96. The molecule has 2 atom stereocenters. The number of hydrogen-bond donors (Lipinski definition) is 2. The van der Waals surface area contributed by atoms with E-state index in [2.05, 4.69) is 10.6 Å². The number of halogens is 1. The van der Waals surface area contributed by atoms with Crippen molar-refractivity contribution < 1.29 is 19.1 Å². The van der Waals surface area contributed by atoms with Crippen molar-refractivity contribution in [1.29, 1.82) is 0 Å². The molecule has 2 aromatic rings. The lowest BCUT2D eigenvalue weighted by atomic mass is 9.98. The Morgan fingerprint density at radius 3 is 2.18 bits per heavy atom. The highest BCUT2D eigenvalue weighted by molar-refractivity contribution is 6.30. The number of benzene rings is 2. The van der Waals surface area contributed by atoms with Crippen LogP contribution < -0.4 is 15.4 Å². The largest absolute Gasteiger partial charge is 0.425 e. The van der Waals surface area contributed by atoms with Crippen LogP contribution in [0, 0.1) is 5.92 Å². The van der Waals surface area contributed by atoms with Gasteiger partial charge in [-0.15, -0.1) is 0 Å². The summed E-state index contributed by atoms with van der Waals surface area (Å²) in [6.45, 7) is 5.21. The summed E-state index contributed by atoms with van der Waals surface area (Å²) in [6.07, 6.45) is 0.683. The van der Waals surface area contributed by atoms with E-state index in [1.807, 2.05) is 13.8 Å². The van der Waals surface area contributed by atoms with Crippen molar-refractivity contribution in [2.24, 2.45) is 5.92 Å². The van der Waals surface area contributed by atoms with Crippen molar-refractivity contribution in [2.75, 3.05) is 5.32 Å². The topological polar surface area (TPSA) is 84.5 Å². The minimum Gasteiger partial charge on any atom is -0.425 e. The molecule has 0 aliphatic heterocycles. The standard InChI is InChI=1S/C21H23ClN2O4/c1-4-13(2)19(24-20(26)15-5-7-16(22)8-6-15)21(27)28-18-11-9-17(10-12-18)23-14(3)25/h5-13,19H,4H2,1-3H3,(H,23,25)(H,24,26). The van der Waals surface area contributed by atoms with Gasteiger partial charge in [-0.05, 0) is 54.4 Å². The summed E-state index contributed by atoms with van der Waals surface area (Å²) in [7, 11) is 0. The SMILES string of the molecule is CCC(C)C(NC(=O)c1ccc(Cl)cc1)C(=O)Oc1ccc(NC(C)=O)cc1. The number of anilines is 1. The van der Waals surface area contributed by atoms with E-state index < -0.39 is 12.0 Å². The maximum Gasteiger partial charge on any atom is 0.334 e. The molecule has 0 aliphatic rings. The molecule has 2 N–H and O–H groups in total. The van der Waals surface area contributed by atoms with Crippen LogP contribution in [-0.2, 0) is 9.59 Å². The number of rotatable bonds is 7. The van der Waals surface area contributed by atoms with Gasteiger partial charge in [-0.1, -0.05) is 31.9 Å². The van der Waals surface area contributed by atoms with Gasteiger partial charge in [0.05, 0.1) is 0 Å². The second kappa shape index (κ2) is 9.90. The molecule has 0 aromatic heterocycles. The van der Waals surface area contributed by atoms with E-state index in [-0.39, 0.29) is 17.7 Å². The Balaban J connectivity index is 2.09. The minimum atomic E-state index is -0.803. The zero-order valence-electron chi connectivity index (χ0n) is 16.0. The summed E-state index contributed by atoms with van der Waals surface area (Å²) in [5, 5.41) is 5.91. The van der Waals surface area contributed by atoms with Crippen molar-refractivity contribution in [1.82, 2.24) is 5.32 Å². The Bertz CT molecular complexity index is 834. The molecule has 0 spiro atoms. The number of carbonyl (C=O) groups is 3. The molecule has 7 heteroatoms. The molecule has 6 nitrogen and oxygen atoms in total. The fraction of sp³-hybridized carbons (Fsp3) is 0.286. The van der Waals surface area contributed by atoms with Crippen LogP contribution >= 0.6 is 11.6 Å². The van der Waals surface area contributed by atoms with Gasteiger partial charge in [-0.2, -0.15) is 0 Å². The summed E-state index contributed by atoms with van der Waals surface area (Å²) in [6, 6.07) is 12.0. The number of hydrogen-bond acceptors (Lipinski definition) is 4. The maximum atomic E-state index is 12.7. The third kappa shape index (κ3) is 6.09. The highest BCUT2D eigenvalue weighted by Crippen LogP contribution is 2.18. The van der Waals surface area contributed by atoms with E-state index in [4.69, 9.17) is 16.3 Å². The molecule has 0 saturated carbocycles. The van der Waals surface area contributed by atoms with Gasteiger partial charge in [0.2, 0.25) is 5.91 Å². The summed E-state index contributed by atoms with van der Waals surface area (Å²) in [5.74, 6) is -0.911. The van der Waals surface area contributed by atoms with Gasteiger partial charge in [0.25, 0.3) is 5.91 Å². The van der Waals surface area contributed by atoms with E-state index in [9.17, 15) is 14.4 Å². The highest BCUT2D eigenvalue weighted by Gasteiger charge is 2.28. The lowest BCUT2D eigenvalue weighted by Crippen LogP contribution is -2.47. The van der Waals surface area contributed by atoms with Crippen molar-refractivity contribution in [3.8, 4) is 5.75 Å². The van der Waals surface area contributed by atoms with Crippen molar-refractivity contribution in [3.63, 3.8) is 0 Å². The molecule has 148 valence electrons. The van der Waals surface area contributed by atoms with Crippen LogP contribution in [-0.4, -0.2) is 23.8 Å². The molecular weight excluding hydrogens is 380 g/mol. The number of carbonyl (C=O) groups excluding carboxylic acids is 3. The second-order valence-electron chi connectivity index (χ2n) is 6.47. The first-order chi connectivity index (χ1) is 13.3. The quantitative estimate of drug-likeness (QED) is 0.540. The number of nitrogens with one attached hydrogen (secondary N) is 2. The van der Waals surface area contributed by atoms with Crippen LogP contribution in [0.1, 0.15) is 37.6 Å². The van der Waals surface area contributed by atoms with Crippen molar-refractivity contribution >= 4 is 35.1 Å². The van der Waals surface area contributed by atoms with Gasteiger partial charge < -0.3 is 15.4 Å². The summed E-state index contributed by atoms with van der Waals surface area (Å²) >= 11 is 5.85. The molecule has 0 radical (unpaired) electrons. The maximum absolute atomic E-state index is 12.7. The Morgan fingerprint density at radius 1 is 1.04 bits per heavy atom. The van der Waals surface area contributed by atoms with Crippen LogP contribution in [0.5, 0.6) is 5.75 Å². The summed E-state index contributed by atoms with van der Waals surface area (Å²) in [5.41, 5.74) is 1.01. The molecule has 0 bridgehead atoms. The van der Waals surface area contributed by atoms with Gasteiger partial charge >= 0.3 is 5.97 Å². The average Bonchev–Trinajstić information content (AvgIpc) is 2.67. The van der Waals surface area contributed by atoms with Crippen LogP contribution in [0.3, 0.4) is 0 Å². The fourth-order valence-electron chi connectivity index (χ4n) is 2.48. The molecule has 2 aromatic carbocycles. The molecule has 2 unspecified atom stereocenters. The Labute approximate surface area is 169 Å². The van der Waals surface area contributed by atoms with E-state index >= 15 is 0 Å². The number of ether oxygens (including phenoxy) is 1. The van der Waals surface area contributed by atoms with E-state index in [1.165, 1.54) is 6.92 Å². The normalized spacial score (nSPS) is 12.6. The average molecular weight is 403 g/mol. The predicted molar refractivity (Wildman–Crippen MR) is 109 cm³/mol. The van der Waals surface area contributed by atoms with E-state index in [0.29, 0.717) is 28.4 Å². The Morgan fingerprint density at radius 2 is 1.64 bits per heavy atom. The second-order valence-corrected chi connectivity index (χ2v) is 6.91. The summed E-state index contributed by atoms with van der Waals surface area (Å²) in [4.78, 5) is 36.2. The molecule has 2 rings (SSSR count). The smallest absolute Gasteiger partial charge is 0.334 e. The van der Waals surface area contributed by atoms with Crippen molar-refractivity contribution in [3.05, 3.63) is 59.1 Å². The first-order valence-corrected chi connectivity index (χ1v) is 9.33. The first kappa shape index (κ1) is 21.4. The fourth-order valence-corrected chi connectivity index (χ4v) is 2.61. The van der Waals surface area contributed by atoms with Gasteiger partial charge in [0.15, 0.2) is 0 Å². The zero-order valence-corrected chi connectivity index (χ0v) is 16.7. The van der Waals surface area contributed by atoms with Crippen molar-refractivity contribution in [2.45, 2.75) is 33.2 Å². The number of esters is 1. The van der Waals surface area contributed by atoms with Gasteiger partial charge in [0, 0.05) is 23.2 Å². The van der Waals surface area contributed by atoms with Gasteiger partial charge in [0.1, 0.15) is 11.8 Å². The molecule has 0 heterocycles. The van der Waals surface area contributed by atoms with Gasteiger partial charge in [-0.3, -0.25) is 9.59 Å². The van der Waals surface area contributed by atoms with E-state index in [0.717, 1.165) is 0 Å².